The van der Waals surface area contributed by atoms with Gasteiger partial charge in [0.1, 0.15) is 6.33 Å². The summed E-state index contributed by atoms with van der Waals surface area (Å²) in [6.45, 7) is 2.81. The SMILES string of the molecule is O=C(c1cc(Br)ccc1-n1cnnn1)N1CCN(c2ccc(Cl)cc2)CC1. The Balaban J connectivity index is 1.52. The van der Waals surface area contributed by atoms with E-state index in [0.717, 1.165) is 28.3 Å². The van der Waals surface area contributed by atoms with Crippen LogP contribution < -0.4 is 4.90 Å². The number of tetrazole rings is 1. The number of hydrogen-bond donors (Lipinski definition) is 0. The average molecular weight is 448 g/mol. The summed E-state index contributed by atoms with van der Waals surface area (Å²) in [4.78, 5) is 17.3. The van der Waals surface area contributed by atoms with Crippen LogP contribution in [0.5, 0.6) is 0 Å². The van der Waals surface area contributed by atoms with Crippen LogP contribution in [0.4, 0.5) is 5.69 Å². The summed E-state index contributed by atoms with van der Waals surface area (Å²) >= 11 is 9.41. The number of rotatable bonds is 3. The van der Waals surface area contributed by atoms with Crippen LogP contribution in [0.25, 0.3) is 5.69 Å². The first kappa shape index (κ1) is 17.9. The van der Waals surface area contributed by atoms with Gasteiger partial charge in [0.05, 0.1) is 11.3 Å². The Hall–Kier alpha value is -2.45. The van der Waals surface area contributed by atoms with E-state index in [9.17, 15) is 4.79 Å². The molecule has 0 radical (unpaired) electrons. The lowest BCUT2D eigenvalue weighted by Crippen LogP contribution is -2.49. The second-order valence-corrected chi connectivity index (χ2v) is 7.52. The van der Waals surface area contributed by atoms with Gasteiger partial charge in [-0.05, 0) is 52.9 Å². The van der Waals surface area contributed by atoms with Gasteiger partial charge in [-0.25, -0.2) is 0 Å². The quantitative estimate of drug-likeness (QED) is 0.617. The Labute approximate surface area is 169 Å². The molecule has 27 heavy (non-hydrogen) atoms. The zero-order valence-corrected chi connectivity index (χ0v) is 16.6. The highest BCUT2D eigenvalue weighted by Gasteiger charge is 2.25. The van der Waals surface area contributed by atoms with Crippen LogP contribution in [0.3, 0.4) is 0 Å². The third-order valence-electron chi connectivity index (χ3n) is 4.54. The van der Waals surface area contributed by atoms with Gasteiger partial charge in [0.2, 0.25) is 0 Å². The predicted octanol–water partition coefficient (Wildman–Crippen LogP) is 3.04. The number of halogens is 2. The lowest BCUT2D eigenvalue weighted by Gasteiger charge is -2.36. The molecule has 1 aromatic heterocycles. The van der Waals surface area contributed by atoms with Gasteiger partial charge in [0.25, 0.3) is 5.91 Å². The molecule has 0 unspecified atom stereocenters. The third-order valence-corrected chi connectivity index (χ3v) is 5.29. The largest absolute Gasteiger partial charge is 0.368 e. The Bertz CT molecular complexity index is 939. The van der Waals surface area contributed by atoms with E-state index in [-0.39, 0.29) is 5.91 Å². The number of amides is 1. The van der Waals surface area contributed by atoms with E-state index in [2.05, 4.69) is 36.4 Å². The molecule has 9 heteroatoms. The molecule has 7 nitrogen and oxygen atoms in total. The van der Waals surface area contributed by atoms with Crippen LogP contribution in [0, 0.1) is 0 Å². The van der Waals surface area contributed by atoms with Crippen LogP contribution >= 0.6 is 27.5 Å². The molecular weight excluding hydrogens is 432 g/mol. The molecule has 1 amide bonds. The summed E-state index contributed by atoms with van der Waals surface area (Å²) in [5.74, 6) is -0.0300. The maximum Gasteiger partial charge on any atom is 0.256 e. The molecule has 1 aliphatic rings. The number of benzene rings is 2. The van der Waals surface area contributed by atoms with Gasteiger partial charge < -0.3 is 9.80 Å². The normalized spacial score (nSPS) is 14.4. The molecule has 3 aromatic rings. The predicted molar refractivity (Wildman–Crippen MR) is 106 cm³/mol. The van der Waals surface area contributed by atoms with Crippen LogP contribution in [0.1, 0.15) is 10.4 Å². The molecule has 0 spiro atoms. The minimum absolute atomic E-state index is 0.0300. The van der Waals surface area contributed by atoms with Gasteiger partial charge in [0, 0.05) is 41.4 Å². The minimum atomic E-state index is -0.0300. The standard InChI is InChI=1S/C18H16BrClN6O/c19-13-1-6-17(26-12-21-22-23-26)16(11-13)18(27)25-9-7-24(8-10-25)15-4-2-14(20)3-5-15/h1-6,11-12H,7-10H2. The summed E-state index contributed by atoms with van der Waals surface area (Å²) in [5.41, 5.74) is 2.34. The van der Waals surface area contributed by atoms with Crippen LogP contribution in [0.2, 0.25) is 5.02 Å². The van der Waals surface area contributed by atoms with Crippen molar-refractivity contribution in [2.24, 2.45) is 0 Å². The number of hydrogen-bond acceptors (Lipinski definition) is 5. The number of piperazine rings is 1. The van der Waals surface area contributed by atoms with Crippen LogP contribution in [-0.2, 0) is 0 Å². The smallest absolute Gasteiger partial charge is 0.256 e. The molecule has 0 atom stereocenters. The highest BCUT2D eigenvalue weighted by Crippen LogP contribution is 2.23. The Morgan fingerprint density at radius 2 is 1.78 bits per heavy atom. The van der Waals surface area contributed by atoms with E-state index >= 15 is 0 Å². The van der Waals surface area contributed by atoms with E-state index in [0.29, 0.717) is 24.3 Å². The molecule has 1 aliphatic heterocycles. The van der Waals surface area contributed by atoms with Crippen molar-refractivity contribution in [3.63, 3.8) is 0 Å². The van der Waals surface area contributed by atoms with Crippen molar-refractivity contribution in [3.05, 3.63) is 63.9 Å². The fourth-order valence-electron chi connectivity index (χ4n) is 3.14. The Morgan fingerprint density at radius 3 is 2.44 bits per heavy atom. The van der Waals surface area contributed by atoms with Crippen molar-refractivity contribution in [1.29, 1.82) is 0 Å². The molecule has 0 aliphatic carbocycles. The van der Waals surface area contributed by atoms with Gasteiger partial charge in [-0.15, -0.1) is 5.10 Å². The first-order chi connectivity index (χ1) is 13.1. The van der Waals surface area contributed by atoms with Gasteiger partial charge in [0.15, 0.2) is 0 Å². The van der Waals surface area contributed by atoms with Crippen molar-refractivity contribution in [2.75, 3.05) is 31.1 Å². The van der Waals surface area contributed by atoms with Gasteiger partial charge in [-0.3, -0.25) is 4.79 Å². The molecule has 0 bridgehead atoms. The fraction of sp³-hybridized carbons (Fsp3) is 0.222. The minimum Gasteiger partial charge on any atom is -0.368 e. The highest BCUT2D eigenvalue weighted by molar-refractivity contribution is 9.10. The van der Waals surface area contributed by atoms with Gasteiger partial charge in [-0.1, -0.05) is 27.5 Å². The number of nitrogens with zero attached hydrogens (tertiary/aromatic N) is 6. The van der Waals surface area contributed by atoms with Crippen molar-refractivity contribution in [1.82, 2.24) is 25.1 Å². The Morgan fingerprint density at radius 1 is 1.04 bits per heavy atom. The summed E-state index contributed by atoms with van der Waals surface area (Å²) < 4.78 is 2.34. The summed E-state index contributed by atoms with van der Waals surface area (Å²) in [6.07, 6.45) is 1.48. The molecule has 4 rings (SSSR count). The first-order valence-corrected chi connectivity index (χ1v) is 9.61. The molecule has 0 N–H and O–H groups in total. The van der Waals surface area contributed by atoms with E-state index in [1.807, 2.05) is 47.4 Å². The molecule has 0 saturated carbocycles. The maximum atomic E-state index is 13.1. The summed E-state index contributed by atoms with van der Waals surface area (Å²) in [6, 6.07) is 13.3. The summed E-state index contributed by atoms with van der Waals surface area (Å²) in [5, 5.41) is 12.0. The molecule has 138 valence electrons. The number of anilines is 1. The van der Waals surface area contributed by atoms with Crippen LogP contribution in [0.15, 0.2) is 53.3 Å². The van der Waals surface area contributed by atoms with E-state index < -0.39 is 0 Å². The maximum absolute atomic E-state index is 13.1. The number of aromatic nitrogens is 4. The second-order valence-electron chi connectivity index (χ2n) is 6.17. The molecule has 2 heterocycles. The lowest BCUT2D eigenvalue weighted by atomic mass is 10.1. The van der Waals surface area contributed by atoms with Gasteiger partial charge >= 0.3 is 0 Å². The second kappa shape index (κ2) is 7.66. The fourth-order valence-corrected chi connectivity index (χ4v) is 3.63. The Kier molecular flexibility index (Phi) is 5.09. The molecule has 1 saturated heterocycles. The first-order valence-electron chi connectivity index (χ1n) is 8.44. The third kappa shape index (κ3) is 3.81. The van der Waals surface area contributed by atoms with Crippen molar-refractivity contribution >= 4 is 39.1 Å². The lowest BCUT2D eigenvalue weighted by molar-refractivity contribution is 0.0746. The monoisotopic (exact) mass is 446 g/mol. The molecule has 2 aromatic carbocycles. The van der Waals surface area contributed by atoms with Crippen molar-refractivity contribution in [3.8, 4) is 5.69 Å². The van der Waals surface area contributed by atoms with Gasteiger partial charge in [-0.2, -0.15) is 4.68 Å². The van der Waals surface area contributed by atoms with Crippen LogP contribution in [-0.4, -0.2) is 57.2 Å². The molecular formula is C18H16BrClN6O. The number of carbonyl (C=O) groups is 1. The zero-order chi connectivity index (χ0) is 18.8. The van der Waals surface area contributed by atoms with E-state index in [1.165, 1.54) is 11.0 Å². The summed E-state index contributed by atoms with van der Waals surface area (Å²) in [7, 11) is 0. The van der Waals surface area contributed by atoms with E-state index in [1.54, 1.807) is 0 Å². The topological polar surface area (TPSA) is 67.2 Å². The zero-order valence-electron chi connectivity index (χ0n) is 14.3. The van der Waals surface area contributed by atoms with E-state index in [4.69, 9.17) is 11.6 Å². The molecule has 1 fully saturated rings. The van der Waals surface area contributed by atoms with Crippen molar-refractivity contribution < 1.29 is 4.79 Å². The number of carbonyl (C=O) groups excluding carboxylic acids is 1. The average Bonchev–Trinajstić information content (AvgIpc) is 3.23. The van der Waals surface area contributed by atoms with Crippen molar-refractivity contribution in [2.45, 2.75) is 0 Å². The highest BCUT2D eigenvalue weighted by atomic mass is 79.9.